The van der Waals surface area contributed by atoms with E-state index in [0.717, 1.165) is 26.0 Å². The van der Waals surface area contributed by atoms with Crippen LogP contribution in [0, 0.1) is 6.92 Å². The van der Waals surface area contributed by atoms with Crippen LogP contribution in [-0.4, -0.2) is 27.0 Å². The topological polar surface area (TPSA) is 84.6 Å². The quantitative estimate of drug-likeness (QED) is 0.585. The van der Waals surface area contributed by atoms with Crippen LogP contribution in [0.5, 0.6) is 0 Å². The maximum absolute atomic E-state index is 12.9. The number of anilines is 1. The number of carbonyl (C=O) groups excluding carboxylic acids is 1. The van der Waals surface area contributed by atoms with Crippen LogP contribution in [0.4, 0.5) is 5.69 Å². The summed E-state index contributed by atoms with van der Waals surface area (Å²) in [6.45, 7) is 3.86. The standard InChI is InChI=1S/C16H11BrN4O3S/c1-3-20-10-5-4-8(17)6-9(10)11(14(20)23)12-15(24)21-16(25-12)18-13(22)7(2)19-21/h4-6H,3H2,1-2H3/b12-11-. The van der Waals surface area contributed by atoms with E-state index in [1.165, 1.54) is 6.92 Å². The Morgan fingerprint density at radius 3 is 2.72 bits per heavy atom. The Kier molecular flexibility index (Phi) is 3.58. The molecular weight excluding hydrogens is 408 g/mol. The van der Waals surface area contributed by atoms with Crippen LogP contribution in [0.15, 0.2) is 32.3 Å². The van der Waals surface area contributed by atoms with E-state index in [2.05, 4.69) is 26.0 Å². The van der Waals surface area contributed by atoms with E-state index in [9.17, 15) is 14.4 Å². The first-order chi connectivity index (χ1) is 11.9. The third kappa shape index (κ3) is 2.26. The molecule has 1 aliphatic rings. The van der Waals surface area contributed by atoms with Gasteiger partial charge < -0.3 is 4.90 Å². The molecule has 3 aromatic rings. The SMILES string of the molecule is CCN1C(=O)/C(=c2\sc3nc(=O)c(C)nn3c2=O)c2cc(Br)ccc21. The van der Waals surface area contributed by atoms with Crippen molar-refractivity contribution in [1.82, 2.24) is 14.6 Å². The van der Waals surface area contributed by atoms with Crippen LogP contribution in [0.3, 0.4) is 0 Å². The van der Waals surface area contributed by atoms with Gasteiger partial charge in [-0.2, -0.15) is 14.6 Å². The number of aryl methyl sites for hydroxylation is 1. The van der Waals surface area contributed by atoms with Crippen molar-refractivity contribution >= 4 is 49.4 Å². The van der Waals surface area contributed by atoms with Crippen LogP contribution in [0.2, 0.25) is 0 Å². The summed E-state index contributed by atoms with van der Waals surface area (Å²) in [5.74, 6) is -0.237. The van der Waals surface area contributed by atoms with E-state index in [1.807, 2.05) is 25.1 Å². The maximum atomic E-state index is 12.9. The van der Waals surface area contributed by atoms with Crippen LogP contribution in [0.1, 0.15) is 18.2 Å². The summed E-state index contributed by atoms with van der Waals surface area (Å²) in [5, 5.41) is 4.00. The van der Waals surface area contributed by atoms with Gasteiger partial charge in [-0.1, -0.05) is 27.3 Å². The van der Waals surface area contributed by atoms with Gasteiger partial charge in [0.15, 0.2) is 0 Å². The highest BCUT2D eigenvalue weighted by atomic mass is 79.9. The lowest BCUT2D eigenvalue weighted by Crippen LogP contribution is -2.33. The molecule has 1 aliphatic heterocycles. The van der Waals surface area contributed by atoms with Gasteiger partial charge >= 0.3 is 0 Å². The molecule has 0 bridgehead atoms. The maximum Gasteiger partial charge on any atom is 0.295 e. The summed E-state index contributed by atoms with van der Waals surface area (Å²) >= 11 is 4.42. The summed E-state index contributed by atoms with van der Waals surface area (Å²) in [4.78, 5) is 43.1. The second kappa shape index (κ2) is 5.57. The van der Waals surface area contributed by atoms with Gasteiger partial charge in [0.25, 0.3) is 17.0 Å². The molecule has 0 fully saturated rings. The zero-order chi connectivity index (χ0) is 17.9. The summed E-state index contributed by atoms with van der Waals surface area (Å²) in [5.41, 5.74) is 0.987. The third-order valence-electron chi connectivity index (χ3n) is 4.04. The zero-order valence-electron chi connectivity index (χ0n) is 13.2. The number of halogens is 1. The average Bonchev–Trinajstić information content (AvgIpc) is 3.02. The number of hydrogen-bond acceptors (Lipinski definition) is 6. The zero-order valence-corrected chi connectivity index (χ0v) is 15.6. The molecule has 2 aromatic heterocycles. The third-order valence-corrected chi connectivity index (χ3v) is 5.56. The monoisotopic (exact) mass is 418 g/mol. The molecule has 3 heterocycles. The lowest BCUT2D eigenvalue weighted by Gasteiger charge is -2.13. The Morgan fingerprint density at radius 1 is 1.24 bits per heavy atom. The van der Waals surface area contributed by atoms with E-state index in [4.69, 9.17) is 0 Å². The van der Waals surface area contributed by atoms with Crippen molar-refractivity contribution in [3.63, 3.8) is 0 Å². The highest BCUT2D eigenvalue weighted by Gasteiger charge is 2.33. The number of hydrogen-bond donors (Lipinski definition) is 0. The van der Waals surface area contributed by atoms with Gasteiger partial charge in [0.05, 0.1) is 11.3 Å². The van der Waals surface area contributed by atoms with Gasteiger partial charge in [0, 0.05) is 16.6 Å². The first-order valence-electron chi connectivity index (χ1n) is 7.49. The molecule has 0 saturated carbocycles. The second-order valence-electron chi connectivity index (χ2n) is 5.52. The fourth-order valence-electron chi connectivity index (χ4n) is 2.87. The Labute approximate surface area is 153 Å². The molecule has 126 valence electrons. The van der Waals surface area contributed by atoms with Crippen molar-refractivity contribution in [2.75, 3.05) is 11.4 Å². The Hall–Kier alpha value is -2.39. The fourth-order valence-corrected chi connectivity index (χ4v) is 4.23. The molecule has 9 heteroatoms. The van der Waals surface area contributed by atoms with E-state index < -0.39 is 11.1 Å². The van der Waals surface area contributed by atoms with Crippen molar-refractivity contribution < 1.29 is 4.79 Å². The van der Waals surface area contributed by atoms with Crippen molar-refractivity contribution in [2.24, 2.45) is 0 Å². The molecule has 0 atom stereocenters. The molecule has 0 spiro atoms. The minimum absolute atomic E-state index is 0.139. The van der Waals surface area contributed by atoms with E-state index in [1.54, 1.807) is 4.90 Å². The second-order valence-corrected chi connectivity index (χ2v) is 7.41. The predicted molar refractivity (Wildman–Crippen MR) is 98.0 cm³/mol. The summed E-state index contributed by atoms with van der Waals surface area (Å²) in [6.07, 6.45) is 0. The van der Waals surface area contributed by atoms with Crippen molar-refractivity contribution in [2.45, 2.75) is 13.8 Å². The van der Waals surface area contributed by atoms with Crippen LogP contribution >= 0.6 is 27.3 Å². The van der Waals surface area contributed by atoms with Crippen molar-refractivity contribution in [3.05, 3.63) is 59.2 Å². The van der Waals surface area contributed by atoms with Crippen molar-refractivity contribution in [3.8, 4) is 0 Å². The molecule has 0 N–H and O–H groups in total. The van der Waals surface area contributed by atoms with Crippen molar-refractivity contribution in [1.29, 1.82) is 0 Å². The van der Waals surface area contributed by atoms with Gasteiger partial charge in [-0.05, 0) is 32.0 Å². The molecule has 4 rings (SSSR count). The number of aromatic nitrogens is 3. The van der Waals surface area contributed by atoms with E-state index >= 15 is 0 Å². The minimum atomic E-state index is -0.478. The Balaban J connectivity index is 2.17. The number of thiazole rings is 1. The molecule has 0 aliphatic carbocycles. The van der Waals surface area contributed by atoms with Crippen LogP contribution in [-0.2, 0) is 4.79 Å². The highest BCUT2D eigenvalue weighted by Crippen LogP contribution is 2.36. The number of carbonyl (C=O) groups is 1. The van der Waals surface area contributed by atoms with Gasteiger partial charge in [0.2, 0.25) is 4.96 Å². The number of benzene rings is 1. The largest absolute Gasteiger partial charge is 0.308 e. The summed E-state index contributed by atoms with van der Waals surface area (Å²) in [7, 11) is 0. The average molecular weight is 419 g/mol. The molecule has 7 nitrogen and oxygen atoms in total. The molecule has 1 amide bonds. The lowest BCUT2D eigenvalue weighted by atomic mass is 10.1. The number of rotatable bonds is 1. The number of fused-ring (bicyclic) bond motifs is 2. The van der Waals surface area contributed by atoms with Crippen LogP contribution in [0.25, 0.3) is 10.5 Å². The molecule has 1 aromatic carbocycles. The molecular formula is C16H11BrN4O3S. The Bertz CT molecular complexity index is 1230. The van der Waals surface area contributed by atoms with Crippen LogP contribution < -0.4 is 20.6 Å². The lowest BCUT2D eigenvalue weighted by molar-refractivity contribution is -0.113. The number of likely N-dealkylation sites (N-methyl/N-ethyl adjacent to an activating group) is 1. The molecule has 25 heavy (non-hydrogen) atoms. The predicted octanol–water partition coefficient (Wildman–Crippen LogP) is 0.867. The number of nitrogens with zero attached hydrogens (tertiary/aromatic N) is 4. The molecule has 0 unspecified atom stereocenters. The molecule has 0 saturated heterocycles. The highest BCUT2D eigenvalue weighted by molar-refractivity contribution is 9.10. The fraction of sp³-hybridized carbons (Fsp3) is 0.188. The normalized spacial score (nSPS) is 16.0. The Morgan fingerprint density at radius 2 is 2.00 bits per heavy atom. The van der Waals surface area contributed by atoms with Gasteiger partial charge in [-0.15, -0.1) is 0 Å². The number of amides is 1. The van der Waals surface area contributed by atoms with Gasteiger partial charge in [-0.3, -0.25) is 14.4 Å². The smallest absolute Gasteiger partial charge is 0.295 e. The first kappa shape index (κ1) is 16.1. The first-order valence-corrected chi connectivity index (χ1v) is 9.10. The van der Waals surface area contributed by atoms with E-state index in [-0.39, 0.29) is 21.1 Å². The van der Waals surface area contributed by atoms with E-state index in [0.29, 0.717) is 17.7 Å². The van der Waals surface area contributed by atoms with Gasteiger partial charge in [-0.25, -0.2) is 0 Å². The minimum Gasteiger partial charge on any atom is -0.308 e. The summed E-state index contributed by atoms with van der Waals surface area (Å²) < 4.78 is 2.14. The molecule has 0 radical (unpaired) electrons. The summed E-state index contributed by atoms with van der Waals surface area (Å²) in [6, 6.07) is 5.51. The van der Waals surface area contributed by atoms with Gasteiger partial charge in [0.1, 0.15) is 10.2 Å².